The van der Waals surface area contributed by atoms with Crippen LogP contribution in [0.2, 0.25) is 0 Å². The average molecular weight is 311 g/mol. The van der Waals surface area contributed by atoms with E-state index in [0.717, 1.165) is 11.9 Å². The second kappa shape index (κ2) is 8.12. The highest BCUT2D eigenvalue weighted by molar-refractivity contribution is 6.29. The molecule has 0 saturated heterocycles. The molecule has 10 heteroatoms. The molecule has 0 aliphatic rings. The van der Waals surface area contributed by atoms with Crippen LogP contribution in [0, 0.1) is 0 Å². The first-order valence-electron chi connectivity index (χ1n) is 5.63. The molecule has 1 atom stereocenters. The molecule has 0 heterocycles. The van der Waals surface area contributed by atoms with Crippen molar-refractivity contribution in [1.29, 1.82) is 0 Å². The fourth-order valence-corrected chi connectivity index (χ4v) is 1.05. The van der Waals surface area contributed by atoms with Crippen LogP contribution < -0.4 is 11.3 Å². The summed E-state index contributed by atoms with van der Waals surface area (Å²) >= 11 is 0. The van der Waals surface area contributed by atoms with Gasteiger partial charge in [-0.25, -0.2) is 4.39 Å². The molecule has 3 N–H and O–H groups in total. The third-order valence-corrected chi connectivity index (χ3v) is 2.11. The van der Waals surface area contributed by atoms with E-state index in [2.05, 4.69) is 26.8 Å². The molecule has 0 aliphatic carbocycles. The maximum atomic E-state index is 13.6. The molecule has 120 valence electrons. The third kappa shape index (κ3) is 6.15. The number of halogens is 4. The topological polar surface area (TPSA) is 75.2 Å². The van der Waals surface area contributed by atoms with Gasteiger partial charge in [0.1, 0.15) is 0 Å². The first-order valence-corrected chi connectivity index (χ1v) is 5.63. The van der Waals surface area contributed by atoms with E-state index in [1.165, 1.54) is 20.3 Å². The molecule has 0 amide bonds. The highest BCUT2D eigenvalue weighted by atomic mass is 19.4. The maximum absolute atomic E-state index is 13.6. The Morgan fingerprint density at radius 3 is 2.43 bits per heavy atom. The van der Waals surface area contributed by atoms with Gasteiger partial charge in [0.2, 0.25) is 5.88 Å². The molecule has 0 rings (SSSR count). The summed E-state index contributed by atoms with van der Waals surface area (Å²) in [6.45, 7) is 3.88. The Morgan fingerprint density at radius 1 is 1.48 bits per heavy atom. The van der Waals surface area contributed by atoms with Crippen molar-refractivity contribution >= 4 is 12.1 Å². The van der Waals surface area contributed by atoms with Gasteiger partial charge in [-0.1, -0.05) is 6.58 Å². The van der Waals surface area contributed by atoms with Gasteiger partial charge in [0, 0.05) is 14.1 Å². The lowest BCUT2D eigenvalue weighted by Crippen LogP contribution is -2.43. The minimum atomic E-state index is -4.65. The van der Waals surface area contributed by atoms with E-state index >= 15 is 0 Å². The fraction of sp³-hybridized carbons (Fsp3) is 0.455. The van der Waals surface area contributed by atoms with Crippen molar-refractivity contribution in [3.05, 3.63) is 24.4 Å². The van der Waals surface area contributed by atoms with E-state index in [1.54, 1.807) is 0 Å². The van der Waals surface area contributed by atoms with E-state index in [9.17, 15) is 17.6 Å². The molecule has 0 spiro atoms. The van der Waals surface area contributed by atoms with Crippen molar-refractivity contribution in [2.24, 2.45) is 15.9 Å². The van der Waals surface area contributed by atoms with Gasteiger partial charge >= 0.3 is 6.18 Å². The summed E-state index contributed by atoms with van der Waals surface area (Å²) in [6.07, 6.45) is -4.97. The highest BCUT2D eigenvalue weighted by Gasteiger charge is 2.39. The summed E-state index contributed by atoms with van der Waals surface area (Å²) in [5.41, 5.74) is 2.41. The minimum absolute atomic E-state index is 0.0161. The number of alkyl halides is 3. The zero-order valence-electron chi connectivity index (χ0n) is 11.8. The molecule has 0 aromatic heterocycles. The quantitative estimate of drug-likeness (QED) is 0.149. The Balaban J connectivity index is 5.24. The Bertz CT molecular complexity index is 444. The van der Waals surface area contributed by atoms with E-state index < -0.39 is 24.0 Å². The van der Waals surface area contributed by atoms with E-state index in [4.69, 9.17) is 5.84 Å². The monoisotopic (exact) mass is 311 g/mol. The summed E-state index contributed by atoms with van der Waals surface area (Å²) in [6, 6.07) is 0. The molecule has 0 aliphatic heterocycles. The van der Waals surface area contributed by atoms with Crippen LogP contribution in [-0.4, -0.2) is 43.4 Å². The molecule has 0 aromatic carbocycles. The zero-order chi connectivity index (χ0) is 16.6. The van der Waals surface area contributed by atoms with Crippen LogP contribution >= 0.6 is 0 Å². The summed E-state index contributed by atoms with van der Waals surface area (Å²) in [5.74, 6) is 3.21. The van der Waals surface area contributed by atoms with E-state index in [-0.39, 0.29) is 5.84 Å². The number of hydrazone groups is 1. The number of nitrogens with two attached hydrogens (primary N) is 1. The van der Waals surface area contributed by atoms with Crippen molar-refractivity contribution in [3.63, 3.8) is 0 Å². The number of nitrogens with one attached hydrogen (secondary N) is 1. The molecule has 0 radical (unpaired) electrons. The summed E-state index contributed by atoms with van der Waals surface area (Å²) < 4.78 is 55.7. The number of allylic oxidation sites excluding steroid dienone is 2. The van der Waals surface area contributed by atoms with Crippen LogP contribution in [-0.2, 0) is 4.74 Å². The molecule has 0 saturated carbocycles. The van der Waals surface area contributed by atoms with Gasteiger partial charge in [0.15, 0.2) is 17.8 Å². The molecule has 21 heavy (non-hydrogen) atoms. The Morgan fingerprint density at radius 2 is 2.05 bits per heavy atom. The maximum Gasteiger partial charge on any atom is 0.425 e. The number of amidine groups is 1. The predicted octanol–water partition coefficient (Wildman–Crippen LogP) is 1.69. The van der Waals surface area contributed by atoms with E-state index in [1.807, 2.05) is 0 Å². The predicted molar refractivity (Wildman–Crippen MR) is 71.9 cm³/mol. The summed E-state index contributed by atoms with van der Waals surface area (Å²) in [5, 5.41) is 4.12. The molecular formula is C11H17F4N5O. The van der Waals surface area contributed by atoms with Gasteiger partial charge in [-0.05, 0) is 13.0 Å². The zero-order valence-corrected chi connectivity index (χ0v) is 11.8. The summed E-state index contributed by atoms with van der Waals surface area (Å²) in [4.78, 5) is 3.61. The standard InChI is InChI=1S/C11H17F4N5O/c1-5-8(12)10(21-7(2)11(13,14)15)20(4)19-9(18-16)6-17-3/h5-7H,1,16H2,2-4H3,(H,18,19)/b10-8-,17-6?/t7-/m0/s1. The van der Waals surface area contributed by atoms with Gasteiger partial charge in [0.05, 0.1) is 6.21 Å². The van der Waals surface area contributed by atoms with Gasteiger partial charge in [-0.2, -0.15) is 18.3 Å². The normalized spacial score (nSPS) is 15.5. The molecular weight excluding hydrogens is 294 g/mol. The summed E-state index contributed by atoms with van der Waals surface area (Å²) in [7, 11) is 2.65. The molecule has 6 nitrogen and oxygen atoms in total. The second-order valence-corrected chi connectivity index (χ2v) is 3.73. The smallest absolute Gasteiger partial charge is 0.425 e. The van der Waals surface area contributed by atoms with Crippen LogP contribution in [0.1, 0.15) is 6.92 Å². The Hall–Kier alpha value is -2.26. The fourth-order valence-electron chi connectivity index (χ4n) is 1.05. The second-order valence-electron chi connectivity index (χ2n) is 3.73. The first-order chi connectivity index (χ1) is 9.67. The van der Waals surface area contributed by atoms with Gasteiger partial charge in [0.25, 0.3) is 0 Å². The van der Waals surface area contributed by atoms with Gasteiger partial charge in [-0.3, -0.25) is 15.4 Å². The number of ether oxygens (including phenoxy) is 1. The lowest BCUT2D eigenvalue weighted by atomic mass is 10.4. The number of aliphatic imine (C=N–C) groups is 1. The molecule has 0 aromatic rings. The Labute approximate surface area is 119 Å². The van der Waals surface area contributed by atoms with Crippen LogP contribution in [0.4, 0.5) is 17.6 Å². The molecule has 0 fully saturated rings. The van der Waals surface area contributed by atoms with Crippen molar-refractivity contribution in [1.82, 2.24) is 10.4 Å². The van der Waals surface area contributed by atoms with Crippen molar-refractivity contribution < 1.29 is 22.3 Å². The lowest BCUT2D eigenvalue weighted by molar-refractivity contribution is -0.209. The number of rotatable bonds is 6. The largest absolute Gasteiger partial charge is 0.463 e. The van der Waals surface area contributed by atoms with Crippen molar-refractivity contribution in [2.75, 3.05) is 14.1 Å². The van der Waals surface area contributed by atoms with Crippen molar-refractivity contribution in [2.45, 2.75) is 19.2 Å². The van der Waals surface area contributed by atoms with Crippen LogP contribution in [0.25, 0.3) is 0 Å². The number of nitrogens with zero attached hydrogens (tertiary/aromatic N) is 3. The van der Waals surface area contributed by atoms with Gasteiger partial charge < -0.3 is 10.6 Å². The first kappa shape index (κ1) is 18.7. The van der Waals surface area contributed by atoms with Crippen LogP contribution in [0.3, 0.4) is 0 Å². The van der Waals surface area contributed by atoms with Crippen LogP contribution in [0.15, 0.2) is 34.5 Å². The van der Waals surface area contributed by atoms with E-state index in [0.29, 0.717) is 6.08 Å². The number of hydrogen-bond acceptors (Lipinski definition) is 5. The molecule has 0 unspecified atom stereocenters. The van der Waals surface area contributed by atoms with Gasteiger partial charge in [-0.15, -0.1) is 0 Å². The highest BCUT2D eigenvalue weighted by Crippen LogP contribution is 2.26. The number of hydrogen-bond donors (Lipinski definition) is 2. The SMILES string of the molecule is C=C/C(F)=C(/O[C@@H](C)C(F)(F)F)N(C)NC(C=NC)=NN. The number of hydrazine groups is 1. The Kier molecular flexibility index (Phi) is 7.25. The molecule has 0 bridgehead atoms. The average Bonchev–Trinajstić information content (AvgIpc) is 2.41. The minimum Gasteiger partial charge on any atom is -0.463 e. The lowest BCUT2D eigenvalue weighted by Gasteiger charge is -2.27. The van der Waals surface area contributed by atoms with Crippen LogP contribution in [0.5, 0.6) is 0 Å². The van der Waals surface area contributed by atoms with Crippen molar-refractivity contribution in [3.8, 4) is 0 Å². The third-order valence-electron chi connectivity index (χ3n) is 2.11.